The Hall–Kier alpha value is -2.24. The maximum absolute atomic E-state index is 5.43. The summed E-state index contributed by atoms with van der Waals surface area (Å²) in [7, 11) is 0. The Labute approximate surface area is 141 Å². The molecule has 6 nitrogen and oxygen atoms in total. The third-order valence-corrected chi connectivity index (χ3v) is 4.92. The van der Waals surface area contributed by atoms with Crippen LogP contribution >= 0.6 is 0 Å². The quantitative estimate of drug-likeness (QED) is 0.685. The molecule has 1 aliphatic carbocycles. The van der Waals surface area contributed by atoms with E-state index < -0.39 is 0 Å². The molecule has 2 heterocycles. The minimum atomic E-state index is 0.642. The number of fused-ring (bicyclic) bond motifs is 1. The summed E-state index contributed by atoms with van der Waals surface area (Å²) in [5, 5.41) is 12.6. The fourth-order valence-corrected chi connectivity index (χ4v) is 3.59. The molecule has 2 aromatic heterocycles. The van der Waals surface area contributed by atoms with Crippen molar-refractivity contribution in [3.05, 3.63) is 24.1 Å². The predicted octanol–water partition coefficient (Wildman–Crippen LogP) is 4.01. The Kier molecular flexibility index (Phi) is 4.28. The van der Waals surface area contributed by atoms with Gasteiger partial charge in [-0.05, 0) is 37.0 Å². The van der Waals surface area contributed by atoms with E-state index in [2.05, 4.69) is 27.4 Å². The molecular weight excluding hydrogens is 302 g/mol. The first kappa shape index (κ1) is 15.3. The smallest absolute Gasteiger partial charge is 0.226 e. The van der Waals surface area contributed by atoms with Crippen LogP contribution in [0.15, 0.2) is 22.7 Å². The first-order valence-corrected chi connectivity index (χ1v) is 8.99. The van der Waals surface area contributed by atoms with E-state index in [-0.39, 0.29) is 0 Å². The normalized spacial score (nSPS) is 15.5. The van der Waals surface area contributed by atoms with E-state index in [1.54, 1.807) is 0 Å². The molecule has 0 aliphatic heterocycles. The van der Waals surface area contributed by atoms with Gasteiger partial charge in [0, 0.05) is 18.5 Å². The summed E-state index contributed by atoms with van der Waals surface area (Å²) < 4.78 is 7.37. The zero-order chi connectivity index (χ0) is 16.4. The van der Waals surface area contributed by atoms with Crippen LogP contribution in [0.5, 0.6) is 0 Å². The summed E-state index contributed by atoms with van der Waals surface area (Å²) in [6.45, 7) is 3.01. The third-order valence-electron chi connectivity index (χ3n) is 4.92. The van der Waals surface area contributed by atoms with Crippen LogP contribution in [0.25, 0.3) is 22.4 Å². The second-order valence-corrected chi connectivity index (χ2v) is 6.72. The van der Waals surface area contributed by atoms with Gasteiger partial charge in [-0.1, -0.05) is 43.0 Å². The molecule has 0 radical (unpaired) electrons. The zero-order valence-corrected chi connectivity index (χ0v) is 14.1. The van der Waals surface area contributed by atoms with Crippen LogP contribution in [0, 0.1) is 5.92 Å². The maximum Gasteiger partial charge on any atom is 0.226 e. The van der Waals surface area contributed by atoms with Crippen molar-refractivity contribution in [2.24, 2.45) is 5.92 Å². The molecule has 1 saturated carbocycles. The van der Waals surface area contributed by atoms with Gasteiger partial charge in [-0.25, -0.2) is 4.68 Å². The molecular formula is C18H23N5O. The molecule has 0 amide bonds. The molecule has 126 valence electrons. The third kappa shape index (κ3) is 3.05. The standard InChI is InChI=1S/C18H23N5O/c1-2-11-23-16-9-8-14(12-15(16)20-22-23)18-19-17(24-21-18)10-7-13-5-3-4-6-13/h8-9,12-13H,2-7,10-11H2,1H3. The van der Waals surface area contributed by atoms with Gasteiger partial charge in [0.15, 0.2) is 0 Å². The summed E-state index contributed by atoms with van der Waals surface area (Å²) in [5.74, 6) is 2.22. The van der Waals surface area contributed by atoms with Gasteiger partial charge in [0.2, 0.25) is 11.7 Å². The Bertz CT molecular complexity index is 816. The van der Waals surface area contributed by atoms with Gasteiger partial charge in [0.05, 0.1) is 5.52 Å². The van der Waals surface area contributed by atoms with Gasteiger partial charge >= 0.3 is 0 Å². The van der Waals surface area contributed by atoms with Crippen LogP contribution < -0.4 is 0 Å². The number of hydrogen-bond donors (Lipinski definition) is 0. The maximum atomic E-state index is 5.43. The predicted molar refractivity (Wildman–Crippen MR) is 91.4 cm³/mol. The van der Waals surface area contributed by atoms with E-state index in [0.717, 1.165) is 54.2 Å². The zero-order valence-electron chi connectivity index (χ0n) is 14.1. The van der Waals surface area contributed by atoms with Crippen molar-refractivity contribution in [2.75, 3.05) is 0 Å². The second-order valence-electron chi connectivity index (χ2n) is 6.72. The molecule has 1 fully saturated rings. The van der Waals surface area contributed by atoms with Crippen molar-refractivity contribution in [1.29, 1.82) is 0 Å². The summed E-state index contributed by atoms with van der Waals surface area (Å²) in [6, 6.07) is 6.04. The van der Waals surface area contributed by atoms with Crippen molar-refractivity contribution in [3.63, 3.8) is 0 Å². The fraction of sp³-hybridized carbons (Fsp3) is 0.556. The Morgan fingerprint density at radius 1 is 1.25 bits per heavy atom. The molecule has 1 aliphatic rings. The topological polar surface area (TPSA) is 69.6 Å². The van der Waals surface area contributed by atoms with E-state index in [0.29, 0.717) is 5.82 Å². The molecule has 1 aromatic carbocycles. The van der Waals surface area contributed by atoms with Crippen LogP contribution in [-0.4, -0.2) is 25.1 Å². The van der Waals surface area contributed by atoms with Crippen LogP contribution in [0.2, 0.25) is 0 Å². The molecule has 3 aromatic rings. The molecule has 0 unspecified atom stereocenters. The van der Waals surface area contributed by atoms with E-state index in [1.165, 1.54) is 25.7 Å². The monoisotopic (exact) mass is 325 g/mol. The lowest BCUT2D eigenvalue weighted by Gasteiger charge is -2.04. The highest BCUT2D eigenvalue weighted by Gasteiger charge is 2.17. The summed E-state index contributed by atoms with van der Waals surface area (Å²) in [6.07, 6.45) is 8.53. The minimum absolute atomic E-state index is 0.642. The molecule has 24 heavy (non-hydrogen) atoms. The van der Waals surface area contributed by atoms with Crippen molar-refractivity contribution >= 4 is 11.0 Å². The molecule has 0 atom stereocenters. The van der Waals surface area contributed by atoms with Gasteiger partial charge in [-0.15, -0.1) is 5.10 Å². The molecule has 6 heteroatoms. The molecule has 0 saturated heterocycles. The first-order chi connectivity index (χ1) is 11.8. The highest BCUT2D eigenvalue weighted by molar-refractivity contribution is 5.79. The van der Waals surface area contributed by atoms with Gasteiger partial charge in [-0.3, -0.25) is 0 Å². The number of hydrogen-bond acceptors (Lipinski definition) is 5. The van der Waals surface area contributed by atoms with Gasteiger partial charge in [0.1, 0.15) is 5.52 Å². The number of nitrogens with zero attached hydrogens (tertiary/aromatic N) is 5. The molecule has 0 bridgehead atoms. The largest absolute Gasteiger partial charge is 0.339 e. The summed E-state index contributed by atoms with van der Waals surface area (Å²) in [4.78, 5) is 4.56. The lowest BCUT2D eigenvalue weighted by atomic mass is 10.0. The minimum Gasteiger partial charge on any atom is -0.339 e. The van der Waals surface area contributed by atoms with Crippen LogP contribution in [0.3, 0.4) is 0 Å². The SMILES string of the molecule is CCCn1nnc2cc(-c3noc(CCC4CCCC4)n3)ccc21. The Morgan fingerprint density at radius 3 is 2.96 bits per heavy atom. The van der Waals surface area contributed by atoms with Gasteiger partial charge < -0.3 is 4.52 Å². The Morgan fingerprint density at radius 2 is 2.12 bits per heavy atom. The van der Waals surface area contributed by atoms with E-state index >= 15 is 0 Å². The second kappa shape index (κ2) is 6.71. The number of rotatable bonds is 6. The fourth-order valence-electron chi connectivity index (χ4n) is 3.59. The van der Waals surface area contributed by atoms with E-state index in [4.69, 9.17) is 4.52 Å². The first-order valence-electron chi connectivity index (χ1n) is 8.99. The van der Waals surface area contributed by atoms with E-state index in [9.17, 15) is 0 Å². The summed E-state index contributed by atoms with van der Waals surface area (Å²) >= 11 is 0. The number of benzene rings is 1. The number of aromatic nitrogens is 5. The van der Waals surface area contributed by atoms with Crippen molar-refractivity contribution in [1.82, 2.24) is 25.1 Å². The average molecular weight is 325 g/mol. The lowest BCUT2D eigenvalue weighted by molar-refractivity contribution is 0.362. The van der Waals surface area contributed by atoms with Crippen LogP contribution in [0.4, 0.5) is 0 Å². The van der Waals surface area contributed by atoms with Crippen molar-refractivity contribution in [3.8, 4) is 11.4 Å². The van der Waals surface area contributed by atoms with E-state index in [1.807, 2.05) is 22.9 Å². The average Bonchev–Trinajstić information content (AvgIpc) is 3.34. The number of aryl methyl sites for hydroxylation is 2. The lowest BCUT2D eigenvalue weighted by Crippen LogP contribution is -1.98. The molecule has 4 rings (SSSR count). The molecule has 0 spiro atoms. The molecule has 0 N–H and O–H groups in total. The highest BCUT2D eigenvalue weighted by Crippen LogP contribution is 2.29. The van der Waals surface area contributed by atoms with Crippen LogP contribution in [0.1, 0.15) is 51.3 Å². The van der Waals surface area contributed by atoms with Gasteiger partial charge in [-0.2, -0.15) is 4.98 Å². The summed E-state index contributed by atoms with van der Waals surface area (Å²) in [5.41, 5.74) is 2.85. The van der Waals surface area contributed by atoms with Crippen LogP contribution in [-0.2, 0) is 13.0 Å². The highest BCUT2D eigenvalue weighted by atomic mass is 16.5. The van der Waals surface area contributed by atoms with Gasteiger partial charge in [0.25, 0.3) is 0 Å². The Balaban J connectivity index is 1.50. The van der Waals surface area contributed by atoms with Crippen molar-refractivity contribution in [2.45, 2.75) is 58.4 Å². The van der Waals surface area contributed by atoms with Crippen molar-refractivity contribution < 1.29 is 4.52 Å².